The molecule has 1 aromatic heterocycles. The third-order valence-corrected chi connectivity index (χ3v) is 4.26. The molecule has 0 saturated carbocycles. The summed E-state index contributed by atoms with van der Waals surface area (Å²) < 4.78 is 40.2. The number of nitrogens with one attached hydrogen (secondary N) is 1. The first-order valence-corrected chi connectivity index (χ1v) is 7.76. The van der Waals surface area contributed by atoms with Crippen molar-refractivity contribution in [2.45, 2.75) is 26.3 Å². The van der Waals surface area contributed by atoms with Crippen molar-refractivity contribution in [3.05, 3.63) is 34.8 Å². The van der Waals surface area contributed by atoms with E-state index in [2.05, 4.69) is 15.0 Å². The van der Waals surface area contributed by atoms with E-state index in [-0.39, 0.29) is 10.6 Å². The number of hydrogen-bond donors (Lipinski definition) is 2. The summed E-state index contributed by atoms with van der Waals surface area (Å²) in [4.78, 5) is 27.3. The lowest BCUT2D eigenvalue weighted by molar-refractivity contribution is -0.274. The lowest BCUT2D eigenvalue weighted by Gasteiger charge is -2.08. The van der Waals surface area contributed by atoms with Gasteiger partial charge in [-0.15, -0.1) is 24.5 Å². The van der Waals surface area contributed by atoms with Crippen molar-refractivity contribution in [2.75, 3.05) is 0 Å². The van der Waals surface area contributed by atoms with E-state index >= 15 is 0 Å². The van der Waals surface area contributed by atoms with Gasteiger partial charge in [-0.2, -0.15) is 0 Å². The number of rotatable bonds is 5. The number of alkyl halides is 3. The highest BCUT2D eigenvalue weighted by Crippen LogP contribution is 2.30. The molecule has 0 aliphatic carbocycles. The van der Waals surface area contributed by atoms with Crippen LogP contribution in [0.15, 0.2) is 24.3 Å². The van der Waals surface area contributed by atoms with Gasteiger partial charge in [0.05, 0.1) is 5.69 Å². The Bertz CT molecular complexity index is 787. The summed E-state index contributed by atoms with van der Waals surface area (Å²) >= 11 is 1.01. The number of carboxylic acids is 1. The molecule has 1 aromatic carbocycles. The van der Waals surface area contributed by atoms with Gasteiger partial charge in [0.15, 0.2) is 0 Å². The molecule has 1 amide bonds. The van der Waals surface area contributed by atoms with E-state index in [0.29, 0.717) is 16.3 Å². The second-order valence-electron chi connectivity index (χ2n) is 5.04. The number of ether oxygens (including phenoxy) is 1. The Balaban J connectivity index is 2.19. The van der Waals surface area contributed by atoms with Crippen molar-refractivity contribution in [1.29, 1.82) is 0 Å². The molecular weight excluding hydrogens is 361 g/mol. The van der Waals surface area contributed by atoms with Gasteiger partial charge in [-0.3, -0.25) is 9.59 Å². The molecule has 0 aliphatic rings. The van der Waals surface area contributed by atoms with Crippen molar-refractivity contribution in [3.8, 4) is 16.3 Å². The van der Waals surface area contributed by atoms with Gasteiger partial charge < -0.3 is 15.2 Å². The fourth-order valence-corrected chi connectivity index (χ4v) is 2.83. The Morgan fingerprint density at radius 2 is 1.88 bits per heavy atom. The first kappa shape index (κ1) is 18.7. The van der Waals surface area contributed by atoms with E-state index in [4.69, 9.17) is 5.11 Å². The molecule has 25 heavy (non-hydrogen) atoms. The highest BCUT2D eigenvalue weighted by molar-refractivity contribution is 7.17. The maximum absolute atomic E-state index is 12.2. The molecule has 2 rings (SSSR count). The van der Waals surface area contributed by atoms with E-state index in [0.717, 1.165) is 23.5 Å². The van der Waals surface area contributed by atoms with Gasteiger partial charge in [0.2, 0.25) is 0 Å². The van der Waals surface area contributed by atoms with Crippen molar-refractivity contribution in [3.63, 3.8) is 0 Å². The molecule has 0 radical (unpaired) electrons. The van der Waals surface area contributed by atoms with Crippen molar-refractivity contribution < 1.29 is 32.6 Å². The molecule has 2 N–H and O–H groups in total. The summed E-state index contributed by atoms with van der Waals surface area (Å²) in [6.07, 6.45) is -4.77. The largest absolute Gasteiger partial charge is 0.573 e. The summed E-state index contributed by atoms with van der Waals surface area (Å²) in [5, 5.41) is 11.6. The standard InChI is InChI=1S/C15H13F3N2O4S/c1-7-11(12(21)19-8(2)14(22)23)25-13(20-7)9-3-5-10(6-4-9)24-15(16,17)18/h3-6,8H,1-2H3,(H,19,21)(H,22,23). The number of nitrogens with zero attached hydrogens (tertiary/aromatic N) is 1. The van der Waals surface area contributed by atoms with E-state index in [9.17, 15) is 22.8 Å². The number of halogens is 3. The smallest absolute Gasteiger partial charge is 0.480 e. The summed E-state index contributed by atoms with van der Waals surface area (Å²) in [7, 11) is 0. The minimum Gasteiger partial charge on any atom is -0.480 e. The van der Waals surface area contributed by atoms with E-state index < -0.39 is 24.3 Å². The van der Waals surface area contributed by atoms with Crippen LogP contribution in [0.3, 0.4) is 0 Å². The maximum Gasteiger partial charge on any atom is 0.573 e. The van der Waals surface area contributed by atoms with Crippen molar-refractivity contribution in [1.82, 2.24) is 10.3 Å². The SMILES string of the molecule is Cc1nc(-c2ccc(OC(F)(F)F)cc2)sc1C(=O)NC(C)C(=O)O. The van der Waals surface area contributed by atoms with Crippen LogP contribution in [0.2, 0.25) is 0 Å². The number of hydrogen-bond acceptors (Lipinski definition) is 5. The van der Waals surface area contributed by atoms with Crippen molar-refractivity contribution >= 4 is 23.2 Å². The molecular formula is C15H13F3N2O4S. The molecule has 1 unspecified atom stereocenters. The Hall–Kier alpha value is -2.62. The van der Waals surface area contributed by atoms with Crippen LogP contribution in [-0.2, 0) is 4.79 Å². The van der Waals surface area contributed by atoms with Crippen LogP contribution >= 0.6 is 11.3 Å². The van der Waals surface area contributed by atoms with Crippen LogP contribution in [0.25, 0.3) is 10.6 Å². The van der Waals surface area contributed by atoms with Crippen LogP contribution < -0.4 is 10.1 Å². The quantitative estimate of drug-likeness (QED) is 0.839. The van der Waals surface area contributed by atoms with Gasteiger partial charge in [-0.25, -0.2) is 4.98 Å². The fourth-order valence-electron chi connectivity index (χ4n) is 1.85. The molecule has 0 spiro atoms. The van der Waals surface area contributed by atoms with Crippen LogP contribution in [0.5, 0.6) is 5.75 Å². The minimum absolute atomic E-state index is 0.235. The number of carboxylic acid groups (broad SMARTS) is 1. The number of carbonyl (C=O) groups is 2. The second kappa shape index (κ2) is 7.09. The summed E-state index contributed by atoms with van der Waals surface area (Å²) in [5.41, 5.74) is 0.902. The van der Waals surface area contributed by atoms with Gasteiger partial charge in [0.25, 0.3) is 5.91 Å². The summed E-state index contributed by atoms with van der Waals surface area (Å²) in [5.74, 6) is -2.11. The molecule has 1 heterocycles. The fraction of sp³-hybridized carbons (Fsp3) is 0.267. The van der Waals surface area contributed by atoms with Crippen LogP contribution in [0, 0.1) is 6.92 Å². The maximum atomic E-state index is 12.2. The van der Waals surface area contributed by atoms with Gasteiger partial charge in [0.1, 0.15) is 21.7 Å². The van der Waals surface area contributed by atoms with E-state index in [1.54, 1.807) is 6.92 Å². The third kappa shape index (κ3) is 4.92. The highest BCUT2D eigenvalue weighted by atomic mass is 32.1. The number of benzene rings is 1. The number of aliphatic carboxylic acids is 1. The van der Waals surface area contributed by atoms with Gasteiger partial charge in [-0.1, -0.05) is 0 Å². The highest BCUT2D eigenvalue weighted by Gasteiger charge is 2.31. The van der Waals surface area contributed by atoms with Crippen molar-refractivity contribution in [2.24, 2.45) is 0 Å². The molecule has 6 nitrogen and oxygen atoms in total. The Morgan fingerprint density at radius 1 is 1.28 bits per heavy atom. The van der Waals surface area contributed by atoms with Crippen LogP contribution in [0.1, 0.15) is 22.3 Å². The van der Waals surface area contributed by atoms with Gasteiger partial charge in [-0.05, 0) is 38.1 Å². The zero-order valence-electron chi connectivity index (χ0n) is 13.0. The molecule has 0 fully saturated rings. The average molecular weight is 374 g/mol. The summed E-state index contributed by atoms with van der Waals surface area (Å²) in [6, 6.07) is 4.01. The number of aryl methyl sites for hydroxylation is 1. The van der Waals surface area contributed by atoms with Crippen LogP contribution in [0.4, 0.5) is 13.2 Å². The second-order valence-corrected chi connectivity index (χ2v) is 6.04. The molecule has 10 heteroatoms. The molecule has 0 aliphatic heterocycles. The average Bonchev–Trinajstić information content (AvgIpc) is 2.88. The number of aromatic nitrogens is 1. The minimum atomic E-state index is -4.77. The Kier molecular flexibility index (Phi) is 5.31. The lowest BCUT2D eigenvalue weighted by atomic mass is 10.2. The zero-order chi connectivity index (χ0) is 18.8. The monoisotopic (exact) mass is 374 g/mol. The predicted molar refractivity (Wildman–Crippen MR) is 83.5 cm³/mol. The van der Waals surface area contributed by atoms with E-state index in [1.807, 2.05) is 0 Å². The Morgan fingerprint density at radius 3 is 2.40 bits per heavy atom. The predicted octanol–water partition coefficient (Wildman–Crippen LogP) is 3.22. The number of amides is 1. The zero-order valence-corrected chi connectivity index (χ0v) is 13.9. The third-order valence-electron chi connectivity index (χ3n) is 3.06. The normalized spacial score (nSPS) is 12.5. The van der Waals surface area contributed by atoms with Gasteiger partial charge in [0, 0.05) is 5.56 Å². The molecule has 134 valence electrons. The first-order chi connectivity index (χ1) is 11.6. The lowest BCUT2D eigenvalue weighted by Crippen LogP contribution is -2.38. The van der Waals surface area contributed by atoms with Crippen LogP contribution in [-0.4, -0.2) is 34.4 Å². The van der Waals surface area contributed by atoms with E-state index in [1.165, 1.54) is 19.1 Å². The molecule has 1 atom stereocenters. The summed E-state index contributed by atoms with van der Waals surface area (Å²) in [6.45, 7) is 2.92. The van der Waals surface area contributed by atoms with Gasteiger partial charge >= 0.3 is 12.3 Å². The first-order valence-electron chi connectivity index (χ1n) is 6.94. The Labute approximate surface area is 144 Å². The number of thiazole rings is 1. The molecule has 2 aromatic rings. The number of carbonyl (C=O) groups excluding carboxylic acids is 1. The molecule has 0 bridgehead atoms. The topological polar surface area (TPSA) is 88.5 Å². The molecule has 0 saturated heterocycles.